The Labute approximate surface area is 166 Å². The van der Waals surface area contributed by atoms with Gasteiger partial charge in [0.05, 0.1) is 31.4 Å². The number of pyridine rings is 1. The molecule has 0 aliphatic carbocycles. The summed E-state index contributed by atoms with van der Waals surface area (Å²) in [5.74, 6) is 0.104. The van der Waals surface area contributed by atoms with E-state index in [1.165, 1.54) is 4.90 Å². The zero-order chi connectivity index (χ0) is 20.0. The second-order valence-electron chi connectivity index (χ2n) is 7.23. The normalized spacial score (nSPS) is 20.4. The number of rotatable bonds is 3. The zero-order valence-electron chi connectivity index (χ0n) is 15.5. The highest BCUT2D eigenvalue weighted by atomic mass is 16.5. The largest absolute Gasteiger partial charge is 0.457 e. The summed E-state index contributed by atoms with van der Waals surface area (Å²) in [6.45, 7) is 1.13. The quantitative estimate of drug-likeness (QED) is 0.648. The number of hydrogen-bond donors (Lipinski definition) is 2. The van der Waals surface area contributed by atoms with Crippen LogP contribution in [0, 0.1) is 11.5 Å². The number of aliphatic hydroxyl groups excluding tert-OH is 1. The maximum absolute atomic E-state index is 12.7. The van der Waals surface area contributed by atoms with E-state index < -0.39 is 5.60 Å². The van der Waals surface area contributed by atoms with E-state index in [4.69, 9.17) is 10.00 Å². The van der Waals surface area contributed by atoms with Crippen molar-refractivity contribution in [3.8, 4) is 23.2 Å². The SMILES string of the molecule is N#CN1CC[C@]2(C1)Oc1ncc(-c3cccc4c3cnn4CCO)cc1NC2=O. The first kappa shape index (κ1) is 17.5. The Morgan fingerprint density at radius 3 is 3.07 bits per heavy atom. The van der Waals surface area contributed by atoms with Crippen LogP contribution in [0.5, 0.6) is 5.88 Å². The fourth-order valence-electron chi connectivity index (χ4n) is 4.00. The summed E-state index contributed by atoms with van der Waals surface area (Å²) in [6, 6.07) is 7.67. The Morgan fingerprint density at radius 2 is 2.28 bits per heavy atom. The molecule has 2 N–H and O–H groups in total. The molecule has 1 amide bonds. The minimum absolute atomic E-state index is 0.00968. The first-order chi connectivity index (χ1) is 14.1. The molecule has 2 aromatic heterocycles. The van der Waals surface area contributed by atoms with Crippen molar-refractivity contribution in [3.63, 3.8) is 0 Å². The fraction of sp³-hybridized carbons (Fsp3) is 0.300. The number of fused-ring (bicyclic) bond motifs is 2. The van der Waals surface area contributed by atoms with Crippen LogP contribution in [0.15, 0.2) is 36.7 Å². The predicted octanol–water partition coefficient (Wildman–Crippen LogP) is 1.35. The number of amides is 1. The highest BCUT2D eigenvalue weighted by Crippen LogP contribution is 2.39. The van der Waals surface area contributed by atoms with Gasteiger partial charge in [0.15, 0.2) is 6.19 Å². The van der Waals surface area contributed by atoms with E-state index in [2.05, 4.69) is 21.6 Å². The number of nitrogens with one attached hydrogen (secondary N) is 1. The minimum Gasteiger partial charge on any atom is -0.457 e. The van der Waals surface area contributed by atoms with Gasteiger partial charge in [0, 0.05) is 30.1 Å². The van der Waals surface area contributed by atoms with Crippen molar-refractivity contribution in [2.75, 3.05) is 25.0 Å². The monoisotopic (exact) mass is 390 g/mol. The van der Waals surface area contributed by atoms with Crippen molar-refractivity contribution >= 4 is 22.5 Å². The number of benzene rings is 1. The third kappa shape index (κ3) is 2.68. The van der Waals surface area contributed by atoms with Gasteiger partial charge in [-0.3, -0.25) is 9.48 Å². The first-order valence-electron chi connectivity index (χ1n) is 9.34. The molecule has 9 heteroatoms. The van der Waals surface area contributed by atoms with Crippen LogP contribution in [0.25, 0.3) is 22.0 Å². The van der Waals surface area contributed by atoms with Crippen molar-refractivity contribution in [1.82, 2.24) is 19.7 Å². The molecule has 1 saturated heterocycles. The zero-order valence-corrected chi connectivity index (χ0v) is 15.5. The van der Waals surface area contributed by atoms with Crippen molar-refractivity contribution in [1.29, 1.82) is 5.26 Å². The van der Waals surface area contributed by atoms with Crippen molar-refractivity contribution in [2.24, 2.45) is 0 Å². The molecular weight excluding hydrogens is 372 g/mol. The number of likely N-dealkylation sites (tertiary alicyclic amines) is 1. The number of anilines is 1. The van der Waals surface area contributed by atoms with E-state index in [1.54, 1.807) is 17.1 Å². The van der Waals surface area contributed by atoms with Gasteiger partial charge in [0.1, 0.15) is 5.69 Å². The molecule has 1 aromatic carbocycles. The number of aromatic nitrogens is 3. The lowest BCUT2D eigenvalue weighted by Crippen LogP contribution is -2.52. The molecule has 2 aliphatic rings. The minimum atomic E-state index is -1.07. The molecule has 9 nitrogen and oxygen atoms in total. The van der Waals surface area contributed by atoms with E-state index >= 15 is 0 Å². The average Bonchev–Trinajstić information content (AvgIpc) is 3.34. The van der Waals surface area contributed by atoms with Gasteiger partial charge in [-0.05, 0) is 17.7 Å². The van der Waals surface area contributed by atoms with Crippen LogP contribution in [-0.2, 0) is 11.3 Å². The molecular formula is C20H18N6O3. The lowest BCUT2D eigenvalue weighted by atomic mass is 9.99. The number of nitriles is 1. The number of aliphatic hydroxyl groups is 1. The Kier molecular flexibility index (Phi) is 3.89. The number of nitrogens with zero attached hydrogens (tertiary/aromatic N) is 5. The highest BCUT2D eigenvalue weighted by molar-refractivity contribution is 6.02. The van der Waals surface area contributed by atoms with Crippen LogP contribution in [-0.4, -0.2) is 56.0 Å². The molecule has 1 spiro atoms. The van der Waals surface area contributed by atoms with Crippen molar-refractivity contribution in [2.45, 2.75) is 18.6 Å². The third-order valence-electron chi connectivity index (χ3n) is 5.49. The lowest BCUT2D eigenvalue weighted by molar-refractivity contribution is -0.131. The van der Waals surface area contributed by atoms with Crippen LogP contribution in [0.2, 0.25) is 0 Å². The van der Waals surface area contributed by atoms with E-state index in [1.807, 2.05) is 24.3 Å². The highest BCUT2D eigenvalue weighted by Gasteiger charge is 2.50. The number of ether oxygens (including phenoxy) is 1. The van der Waals surface area contributed by atoms with E-state index in [0.717, 1.165) is 22.0 Å². The molecule has 3 aromatic rings. The summed E-state index contributed by atoms with van der Waals surface area (Å²) in [5.41, 5.74) is 2.10. The van der Waals surface area contributed by atoms with Crippen LogP contribution in [0.4, 0.5) is 5.69 Å². The van der Waals surface area contributed by atoms with Crippen LogP contribution in [0.3, 0.4) is 0 Å². The predicted molar refractivity (Wildman–Crippen MR) is 104 cm³/mol. The molecule has 4 heterocycles. The van der Waals surface area contributed by atoms with Gasteiger partial charge < -0.3 is 20.1 Å². The summed E-state index contributed by atoms with van der Waals surface area (Å²) in [6.07, 6.45) is 5.98. The Hall–Kier alpha value is -3.64. The summed E-state index contributed by atoms with van der Waals surface area (Å²) in [4.78, 5) is 18.7. The van der Waals surface area contributed by atoms with Gasteiger partial charge in [0.2, 0.25) is 11.5 Å². The average molecular weight is 390 g/mol. The van der Waals surface area contributed by atoms with Gasteiger partial charge >= 0.3 is 0 Å². The standard InChI is InChI=1S/C20H18N6O3/c21-12-25-5-4-20(11-25)19(28)24-16-8-13(9-22-18(16)29-20)14-2-1-3-17-15(14)10-23-26(17)6-7-27/h1-3,8-10,27H,4-7,11H2,(H,24,28)/t20-/m1/s1. The van der Waals surface area contributed by atoms with E-state index in [9.17, 15) is 9.90 Å². The third-order valence-corrected chi connectivity index (χ3v) is 5.49. The van der Waals surface area contributed by atoms with Gasteiger partial charge in [-0.1, -0.05) is 12.1 Å². The fourth-order valence-corrected chi connectivity index (χ4v) is 4.00. The summed E-state index contributed by atoms with van der Waals surface area (Å²) < 4.78 is 7.73. The molecule has 5 rings (SSSR count). The maximum Gasteiger partial charge on any atom is 0.270 e. The van der Waals surface area contributed by atoms with Crippen molar-refractivity contribution in [3.05, 3.63) is 36.7 Å². The number of carbonyl (C=O) groups excluding carboxylic acids is 1. The molecule has 0 unspecified atom stereocenters. The van der Waals surface area contributed by atoms with Crippen LogP contribution >= 0.6 is 0 Å². The first-order valence-corrected chi connectivity index (χ1v) is 9.34. The number of hydrogen-bond acceptors (Lipinski definition) is 7. The molecule has 1 atom stereocenters. The molecule has 146 valence electrons. The van der Waals surface area contributed by atoms with Gasteiger partial charge in [-0.25, -0.2) is 4.98 Å². The van der Waals surface area contributed by atoms with Crippen LogP contribution in [0.1, 0.15) is 6.42 Å². The van der Waals surface area contributed by atoms with Crippen molar-refractivity contribution < 1.29 is 14.6 Å². The second-order valence-corrected chi connectivity index (χ2v) is 7.23. The Balaban J connectivity index is 1.52. The Morgan fingerprint density at radius 1 is 1.38 bits per heavy atom. The molecule has 0 radical (unpaired) electrons. The smallest absolute Gasteiger partial charge is 0.270 e. The number of carbonyl (C=O) groups is 1. The van der Waals surface area contributed by atoms with Gasteiger partial charge in [-0.15, -0.1) is 0 Å². The Bertz CT molecular complexity index is 1170. The van der Waals surface area contributed by atoms with Gasteiger partial charge in [0.25, 0.3) is 5.91 Å². The second kappa shape index (κ2) is 6.46. The molecule has 29 heavy (non-hydrogen) atoms. The summed E-state index contributed by atoms with van der Waals surface area (Å²) in [5, 5.41) is 26.5. The van der Waals surface area contributed by atoms with E-state index in [-0.39, 0.29) is 19.1 Å². The molecule has 0 bridgehead atoms. The van der Waals surface area contributed by atoms with Crippen LogP contribution < -0.4 is 10.1 Å². The maximum atomic E-state index is 12.7. The van der Waals surface area contributed by atoms with Gasteiger partial charge in [-0.2, -0.15) is 10.4 Å². The summed E-state index contributed by atoms with van der Waals surface area (Å²) in [7, 11) is 0. The molecule has 0 saturated carbocycles. The lowest BCUT2D eigenvalue weighted by Gasteiger charge is -2.33. The molecule has 1 fully saturated rings. The molecule has 2 aliphatic heterocycles. The summed E-state index contributed by atoms with van der Waals surface area (Å²) >= 11 is 0. The van der Waals surface area contributed by atoms with E-state index in [0.29, 0.717) is 31.1 Å². The topological polar surface area (TPSA) is 116 Å².